The van der Waals surface area contributed by atoms with Gasteiger partial charge in [-0.25, -0.2) is 9.78 Å². The van der Waals surface area contributed by atoms with Crippen molar-refractivity contribution < 1.29 is 14.6 Å². The molecule has 1 saturated heterocycles. The second kappa shape index (κ2) is 11.8. The number of rotatable bonds is 8. The third-order valence-corrected chi connectivity index (χ3v) is 5.33. The molecule has 1 aromatic carbocycles. The lowest BCUT2D eigenvalue weighted by Gasteiger charge is -2.33. The number of piperidine rings is 1. The van der Waals surface area contributed by atoms with Gasteiger partial charge in [0, 0.05) is 31.2 Å². The van der Waals surface area contributed by atoms with E-state index in [0.717, 1.165) is 44.6 Å². The standard InChI is InChI=1S/C21H30N4O3.ClH/c1-22-19(26)15-28-21(27)24-11-4-5-16-9-13-25(14-10-16)20-18-7-3-2-6-17(18)8-12-23-20;/h2-3,6-8,12,16,19,22,26H,4-5,9-11,13-15H2,1H3,(H,24,27);1H. The summed E-state index contributed by atoms with van der Waals surface area (Å²) >= 11 is 0. The maximum Gasteiger partial charge on any atom is 0.407 e. The molecule has 1 aliphatic rings. The van der Waals surface area contributed by atoms with Crippen molar-refractivity contribution in [2.45, 2.75) is 31.9 Å². The summed E-state index contributed by atoms with van der Waals surface area (Å²) in [5, 5.41) is 17.1. The molecule has 3 rings (SSSR count). The number of aromatic nitrogens is 1. The van der Waals surface area contributed by atoms with Crippen LogP contribution in [-0.2, 0) is 4.74 Å². The van der Waals surface area contributed by atoms with Crippen LogP contribution in [0, 0.1) is 5.92 Å². The maximum absolute atomic E-state index is 11.5. The molecule has 0 aliphatic carbocycles. The minimum Gasteiger partial charge on any atom is -0.445 e. The molecule has 8 heteroatoms. The van der Waals surface area contributed by atoms with E-state index in [2.05, 4.69) is 50.8 Å². The number of halogens is 1. The first-order valence-electron chi connectivity index (χ1n) is 10.0. The van der Waals surface area contributed by atoms with Crippen LogP contribution in [0.25, 0.3) is 10.8 Å². The first-order chi connectivity index (χ1) is 13.7. The maximum atomic E-state index is 11.5. The molecule has 160 valence electrons. The highest BCUT2D eigenvalue weighted by atomic mass is 35.5. The van der Waals surface area contributed by atoms with Gasteiger partial charge < -0.3 is 20.1 Å². The predicted octanol–water partition coefficient (Wildman–Crippen LogP) is 2.92. The Balaban J connectivity index is 0.00000300. The topological polar surface area (TPSA) is 86.7 Å². The minimum atomic E-state index is -0.827. The third-order valence-electron chi connectivity index (χ3n) is 5.33. The third kappa shape index (κ3) is 6.73. The van der Waals surface area contributed by atoms with Crippen LogP contribution in [0.1, 0.15) is 25.7 Å². The fraction of sp³-hybridized carbons (Fsp3) is 0.524. The van der Waals surface area contributed by atoms with Crippen LogP contribution in [0.3, 0.4) is 0 Å². The molecule has 0 spiro atoms. The zero-order valence-corrected chi connectivity index (χ0v) is 17.7. The van der Waals surface area contributed by atoms with Crippen LogP contribution in [-0.4, -0.2) is 55.7 Å². The van der Waals surface area contributed by atoms with E-state index < -0.39 is 12.3 Å². The number of pyridine rings is 1. The van der Waals surface area contributed by atoms with Crippen molar-refractivity contribution in [1.82, 2.24) is 15.6 Å². The fourth-order valence-electron chi connectivity index (χ4n) is 3.66. The van der Waals surface area contributed by atoms with Gasteiger partial charge in [-0.2, -0.15) is 0 Å². The first kappa shape index (κ1) is 23.2. The number of benzene rings is 1. The van der Waals surface area contributed by atoms with Gasteiger partial charge in [0.15, 0.2) is 0 Å². The molecule has 1 fully saturated rings. The van der Waals surface area contributed by atoms with Crippen molar-refractivity contribution in [2.75, 3.05) is 38.2 Å². The Morgan fingerprint density at radius 1 is 1.31 bits per heavy atom. The number of fused-ring (bicyclic) bond motifs is 1. The summed E-state index contributed by atoms with van der Waals surface area (Å²) in [4.78, 5) is 18.6. The number of likely N-dealkylation sites (N-methyl/N-ethyl adjacent to an activating group) is 1. The van der Waals surface area contributed by atoms with Crippen LogP contribution in [0.4, 0.5) is 10.6 Å². The zero-order chi connectivity index (χ0) is 19.8. The van der Waals surface area contributed by atoms with E-state index in [4.69, 9.17) is 4.74 Å². The summed E-state index contributed by atoms with van der Waals surface area (Å²) < 4.78 is 4.91. The summed E-state index contributed by atoms with van der Waals surface area (Å²) in [7, 11) is 1.60. The van der Waals surface area contributed by atoms with Crippen LogP contribution in [0.15, 0.2) is 36.5 Å². The van der Waals surface area contributed by atoms with E-state index in [1.165, 1.54) is 10.8 Å². The van der Waals surface area contributed by atoms with Crippen LogP contribution >= 0.6 is 12.4 Å². The van der Waals surface area contributed by atoms with Gasteiger partial charge in [-0.05, 0) is 50.1 Å². The average Bonchev–Trinajstić information content (AvgIpc) is 2.75. The molecule has 1 unspecified atom stereocenters. The largest absolute Gasteiger partial charge is 0.445 e. The molecule has 7 nitrogen and oxygen atoms in total. The van der Waals surface area contributed by atoms with E-state index in [1.807, 2.05) is 6.20 Å². The monoisotopic (exact) mass is 422 g/mol. The second-order valence-corrected chi connectivity index (χ2v) is 7.26. The number of anilines is 1. The predicted molar refractivity (Wildman–Crippen MR) is 118 cm³/mol. The molecule has 2 aromatic rings. The molecule has 2 heterocycles. The van der Waals surface area contributed by atoms with Gasteiger partial charge >= 0.3 is 6.09 Å². The number of alkyl carbamates (subject to hydrolysis) is 1. The molecule has 0 bridgehead atoms. The lowest BCUT2D eigenvalue weighted by molar-refractivity contribution is 0.0535. The quantitative estimate of drug-likeness (QED) is 0.448. The van der Waals surface area contributed by atoms with Crippen molar-refractivity contribution >= 4 is 35.1 Å². The Labute approximate surface area is 178 Å². The van der Waals surface area contributed by atoms with E-state index >= 15 is 0 Å². The number of nitrogens with zero attached hydrogens (tertiary/aromatic N) is 2. The number of hydrogen-bond donors (Lipinski definition) is 3. The van der Waals surface area contributed by atoms with Gasteiger partial charge in [0.25, 0.3) is 0 Å². The van der Waals surface area contributed by atoms with Gasteiger partial charge in [-0.1, -0.05) is 24.3 Å². The summed E-state index contributed by atoms with van der Waals surface area (Å²) in [6.45, 7) is 2.58. The molecule has 1 aliphatic heterocycles. The number of aliphatic hydroxyl groups is 1. The van der Waals surface area contributed by atoms with Crippen molar-refractivity contribution in [3.8, 4) is 0 Å². The van der Waals surface area contributed by atoms with E-state index in [9.17, 15) is 9.90 Å². The second-order valence-electron chi connectivity index (χ2n) is 7.26. The van der Waals surface area contributed by atoms with E-state index in [-0.39, 0.29) is 19.0 Å². The summed E-state index contributed by atoms with van der Waals surface area (Å²) in [5.74, 6) is 1.76. The zero-order valence-electron chi connectivity index (χ0n) is 16.8. The average molecular weight is 423 g/mol. The van der Waals surface area contributed by atoms with E-state index in [1.54, 1.807) is 7.05 Å². The molecule has 0 radical (unpaired) electrons. The molecular weight excluding hydrogens is 392 g/mol. The van der Waals surface area contributed by atoms with Crippen LogP contribution < -0.4 is 15.5 Å². The van der Waals surface area contributed by atoms with Crippen molar-refractivity contribution in [3.63, 3.8) is 0 Å². The number of amides is 1. The number of aliphatic hydroxyl groups excluding tert-OH is 1. The number of carbonyl (C=O) groups excluding carboxylic acids is 1. The Kier molecular flexibility index (Phi) is 9.44. The summed E-state index contributed by atoms with van der Waals surface area (Å²) in [6.07, 6.45) is 4.90. The molecule has 1 amide bonds. The van der Waals surface area contributed by atoms with Crippen LogP contribution in [0.2, 0.25) is 0 Å². The molecule has 1 aromatic heterocycles. The van der Waals surface area contributed by atoms with Gasteiger partial charge in [-0.3, -0.25) is 5.32 Å². The van der Waals surface area contributed by atoms with E-state index in [0.29, 0.717) is 12.5 Å². The van der Waals surface area contributed by atoms with Gasteiger partial charge in [-0.15, -0.1) is 12.4 Å². The molecule has 3 N–H and O–H groups in total. The SMILES string of the molecule is CNC(O)COC(=O)NCCCC1CCN(c2nccc3ccccc23)CC1.Cl. The molecule has 1 atom stereocenters. The van der Waals surface area contributed by atoms with Crippen molar-refractivity contribution in [3.05, 3.63) is 36.5 Å². The smallest absolute Gasteiger partial charge is 0.407 e. The Hall–Kier alpha value is -2.09. The normalized spacial score (nSPS) is 15.6. The van der Waals surface area contributed by atoms with Gasteiger partial charge in [0.05, 0.1) is 0 Å². The minimum absolute atomic E-state index is 0. The summed E-state index contributed by atoms with van der Waals surface area (Å²) in [5.41, 5.74) is 0. The molecular formula is C21H31ClN4O3. The highest BCUT2D eigenvalue weighted by Crippen LogP contribution is 2.29. The fourth-order valence-corrected chi connectivity index (χ4v) is 3.66. The van der Waals surface area contributed by atoms with Crippen LogP contribution in [0.5, 0.6) is 0 Å². The summed E-state index contributed by atoms with van der Waals surface area (Å²) in [6, 6.07) is 10.5. The Morgan fingerprint density at radius 3 is 2.83 bits per heavy atom. The van der Waals surface area contributed by atoms with Gasteiger partial charge in [0.2, 0.25) is 0 Å². The lowest BCUT2D eigenvalue weighted by Crippen LogP contribution is -2.35. The Morgan fingerprint density at radius 2 is 2.07 bits per heavy atom. The van der Waals surface area contributed by atoms with Crippen molar-refractivity contribution in [1.29, 1.82) is 0 Å². The highest BCUT2D eigenvalue weighted by Gasteiger charge is 2.21. The molecule has 29 heavy (non-hydrogen) atoms. The van der Waals surface area contributed by atoms with Crippen molar-refractivity contribution in [2.24, 2.45) is 5.92 Å². The Bertz CT molecular complexity index is 763. The highest BCUT2D eigenvalue weighted by molar-refractivity contribution is 5.92. The first-order valence-corrected chi connectivity index (χ1v) is 10.0. The van der Waals surface area contributed by atoms with Gasteiger partial charge in [0.1, 0.15) is 18.7 Å². The number of hydrogen-bond acceptors (Lipinski definition) is 6. The number of carbonyl (C=O) groups is 1. The molecule has 0 saturated carbocycles. The number of nitrogens with one attached hydrogen (secondary N) is 2. The lowest BCUT2D eigenvalue weighted by atomic mass is 9.92. The number of ether oxygens (including phenoxy) is 1.